The molecule has 0 bridgehead atoms. The minimum Gasteiger partial charge on any atom is -0.192 e. The first-order valence-electron chi connectivity index (χ1n) is 7.16. The molecule has 0 fully saturated rings. The highest BCUT2D eigenvalue weighted by atomic mass is 32.2. The maximum absolute atomic E-state index is 9.42. The Bertz CT molecular complexity index is 1140. The zero-order valence-corrected chi connectivity index (χ0v) is 14.6. The Labute approximate surface area is 147 Å². The second-order valence-corrected chi connectivity index (χ2v) is 8.19. The van der Waals surface area contributed by atoms with Crippen LogP contribution in [0, 0.1) is 52.2 Å². The summed E-state index contributed by atoms with van der Waals surface area (Å²) in [7, 11) is 0. The molecule has 1 unspecified atom stereocenters. The molecule has 1 aromatic carbocycles. The van der Waals surface area contributed by atoms with Gasteiger partial charge in [0.1, 0.15) is 35.4 Å². The Morgan fingerprint density at radius 2 is 1.62 bits per heavy atom. The number of hydrogen-bond acceptors (Lipinski definition) is 6. The minimum atomic E-state index is -0.0526. The van der Waals surface area contributed by atoms with Gasteiger partial charge >= 0.3 is 0 Å². The van der Waals surface area contributed by atoms with Crippen molar-refractivity contribution in [1.82, 2.24) is 0 Å². The Morgan fingerprint density at radius 3 is 2.21 bits per heavy atom. The number of nitrogens with zero attached hydrogens (tertiary/aromatic N) is 4. The third-order valence-corrected chi connectivity index (χ3v) is 6.37. The van der Waals surface area contributed by atoms with E-state index in [2.05, 4.69) is 6.92 Å². The highest BCUT2D eigenvalue weighted by Gasteiger charge is 2.26. The van der Waals surface area contributed by atoms with E-state index in [1.165, 1.54) is 0 Å². The van der Waals surface area contributed by atoms with Crippen LogP contribution < -0.4 is 10.4 Å². The van der Waals surface area contributed by atoms with Crippen LogP contribution >= 0.6 is 23.1 Å². The first-order valence-corrected chi connectivity index (χ1v) is 8.86. The van der Waals surface area contributed by atoms with Crippen molar-refractivity contribution in [3.63, 3.8) is 0 Å². The van der Waals surface area contributed by atoms with E-state index in [9.17, 15) is 21.0 Å². The quantitative estimate of drug-likeness (QED) is 0.731. The van der Waals surface area contributed by atoms with Gasteiger partial charge in [-0.2, -0.15) is 21.0 Å². The molecule has 0 amide bonds. The van der Waals surface area contributed by atoms with Crippen LogP contribution in [-0.4, -0.2) is 5.25 Å². The summed E-state index contributed by atoms with van der Waals surface area (Å²) in [6.07, 6.45) is 0.715. The highest BCUT2D eigenvalue weighted by Crippen LogP contribution is 2.42. The van der Waals surface area contributed by atoms with Crippen LogP contribution in [0.4, 0.5) is 0 Å². The van der Waals surface area contributed by atoms with E-state index in [1.54, 1.807) is 23.1 Å². The SMILES string of the molecule is Cc1cc2c(=C(C#N)C#N)c(=C(C#N)C#N)c3c(c2s1)SC(C)C3. The number of nitriles is 4. The normalized spacial score (nSPS) is 15.0. The van der Waals surface area contributed by atoms with E-state index in [0.717, 1.165) is 25.4 Å². The van der Waals surface area contributed by atoms with Crippen LogP contribution in [0.2, 0.25) is 0 Å². The molecule has 114 valence electrons. The van der Waals surface area contributed by atoms with Crippen molar-refractivity contribution in [1.29, 1.82) is 21.0 Å². The smallest absolute Gasteiger partial charge is 0.138 e. The van der Waals surface area contributed by atoms with E-state index >= 15 is 0 Å². The molecule has 3 rings (SSSR count). The molecule has 1 aliphatic heterocycles. The molecule has 4 nitrogen and oxygen atoms in total. The number of benzene rings is 1. The number of hydrogen-bond donors (Lipinski definition) is 0. The number of fused-ring (bicyclic) bond motifs is 3. The molecular formula is C18H10N4S2. The number of rotatable bonds is 0. The van der Waals surface area contributed by atoms with Crippen molar-refractivity contribution in [3.05, 3.63) is 26.9 Å². The van der Waals surface area contributed by atoms with Crippen molar-refractivity contribution in [2.75, 3.05) is 0 Å². The van der Waals surface area contributed by atoms with Gasteiger partial charge in [-0.05, 0) is 25.0 Å². The van der Waals surface area contributed by atoms with Crippen molar-refractivity contribution >= 4 is 44.3 Å². The second-order valence-electron chi connectivity index (χ2n) is 5.49. The van der Waals surface area contributed by atoms with Gasteiger partial charge in [0.15, 0.2) is 0 Å². The van der Waals surface area contributed by atoms with Crippen LogP contribution in [0.25, 0.3) is 21.2 Å². The Morgan fingerprint density at radius 1 is 1.04 bits per heavy atom. The molecule has 2 aromatic rings. The van der Waals surface area contributed by atoms with E-state index in [0.29, 0.717) is 22.1 Å². The lowest BCUT2D eigenvalue weighted by Crippen LogP contribution is -2.33. The van der Waals surface area contributed by atoms with E-state index in [4.69, 9.17) is 0 Å². The monoisotopic (exact) mass is 346 g/mol. The molecule has 0 spiro atoms. The van der Waals surface area contributed by atoms with Gasteiger partial charge in [0.05, 0.1) is 0 Å². The van der Waals surface area contributed by atoms with Crippen molar-refractivity contribution < 1.29 is 0 Å². The molecule has 0 saturated heterocycles. The summed E-state index contributed by atoms with van der Waals surface area (Å²) < 4.78 is 1.04. The summed E-state index contributed by atoms with van der Waals surface area (Å²) in [4.78, 5) is 2.14. The second kappa shape index (κ2) is 6.03. The molecule has 0 radical (unpaired) electrons. The lowest BCUT2D eigenvalue weighted by atomic mass is 9.97. The van der Waals surface area contributed by atoms with Crippen LogP contribution in [0.15, 0.2) is 11.0 Å². The van der Waals surface area contributed by atoms with Crippen molar-refractivity contribution in [2.45, 2.75) is 30.4 Å². The first kappa shape index (κ1) is 16.1. The Hall–Kier alpha value is -2.77. The molecule has 1 atom stereocenters. The summed E-state index contributed by atoms with van der Waals surface area (Å²) in [5.41, 5.74) is 0.825. The molecule has 0 aliphatic carbocycles. The third kappa shape index (κ3) is 2.26. The maximum Gasteiger partial charge on any atom is 0.138 e. The van der Waals surface area contributed by atoms with Gasteiger partial charge in [-0.3, -0.25) is 0 Å². The minimum absolute atomic E-state index is 0.0373. The summed E-state index contributed by atoms with van der Waals surface area (Å²) in [6, 6.07) is 9.70. The molecule has 1 aromatic heterocycles. The van der Waals surface area contributed by atoms with Gasteiger partial charge in [0, 0.05) is 35.5 Å². The summed E-state index contributed by atoms with van der Waals surface area (Å²) in [6.45, 7) is 4.07. The molecule has 1 aliphatic rings. The molecule has 2 heterocycles. The fourth-order valence-electron chi connectivity index (χ4n) is 3.06. The number of thiophene rings is 1. The van der Waals surface area contributed by atoms with E-state index in [1.807, 2.05) is 37.3 Å². The zero-order valence-electron chi connectivity index (χ0n) is 13.0. The van der Waals surface area contributed by atoms with Gasteiger partial charge < -0.3 is 0 Å². The predicted octanol–water partition coefficient (Wildman–Crippen LogP) is 2.64. The Kier molecular flexibility index (Phi) is 4.04. The Balaban J connectivity index is 2.82. The highest BCUT2D eigenvalue weighted by molar-refractivity contribution is 8.00. The lowest BCUT2D eigenvalue weighted by Gasteiger charge is -2.05. The molecular weight excluding hydrogens is 336 g/mol. The van der Waals surface area contributed by atoms with Gasteiger partial charge in [0.25, 0.3) is 0 Å². The molecule has 0 saturated carbocycles. The average Bonchev–Trinajstić information content (AvgIpc) is 3.13. The van der Waals surface area contributed by atoms with Crippen molar-refractivity contribution in [2.24, 2.45) is 0 Å². The molecule has 6 heteroatoms. The summed E-state index contributed by atoms with van der Waals surface area (Å²) in [5.74, 6) is 0. The average molecular weight is 346 g/mol. The van der Waals surface area contributed by atoms with Crippen LogP contribution in [0.3, 0.4) is 0 Å². The van der Waals surface area contributed by atoms with Gasteiger partial charge in [-0.25, -0.2) is 0 Å². The zero-order chi connectivity index (χ0) is 17.4. The molecule has 0 N–H and O–H groups in total. The van der Waals surface area contributed by atoms with Crippen LogP contribution in [0.5, 0.6) is 0 Å². The van der Waals surface area contributed by atoms with Crippen molar-refractivity contribution in [3.8, 4) is 24.3 Å². The van der Waals surface area contributed by atoms with Crippen LogP contribution in [-0.2, 0) is 6.42 Å². The number of thioether (sulfide) groups is 1. The maximum atomic E-state index is 9.42. The third-order valence-electron chi connectivity index (χ3n) is 3.91. The topological polar surface area (TPSA) is 95.2 Å². The fraction of sp³-hybridized carbons (Fsp3) is 0.222. The largest absolute Gasteiger partial charge is 0.192 e. The first-order chi connectivity index (χ1) is 11.5. The molecule has 24 heavy (non-hydrogen) atoms. The van der Waals surface area contributed by atoms with E-state index in [-0.39, 0.29) is 11.1 Å². The standard InChI is InChI=1S/C18H10N4S2/c1-9-3-13-15(11(5-19)6-20)16(12(7-21)8-22)14-4-10(2)24-18(14)17(13)23-9/h3,10H,4H2,1-2H3. The van der Waals surface area contributed by atoms with E-state index < -0.39 is 0 Å². The lowest BCUT2D eigenvalue weighted by molar-refractivity contribution is 0.952. The van der Waals surface area contributed by atoms with Gasteiger partial charge in [-0.1, -0.05) is 6.92 Å². The number of aryl methyl sites for hydroxylation is 1. The van der Waals surface area contributed by atoms with Gasteiger partial charge in [0.2, 0.25) is 0 Å². The van der Waals surface area contributed by atoms with Gasteiger partial charge in [-0.15, -0.1) is 23.1 Å². The summed E-state index contributed by atoms with van der Waals surface area (Å²) in [5, 5.41) is 39.7. The fourth-order valence-corrected chi connectivity index (χ4v) is 5.52. The summed E-state index contributed by atoms with van der Waals surface area (Å²) >= 11 is 3.34. The predicted molar refractivity (Wildman–Crippen MR) is 94.1 cm³/mol. The van der Waals surface area contributed by atoms with Crippen LogP contribution in [0.1, 0.15) is 17.4 Å².